The van der Waals surface area contributed by atoms with E-state index in [1.807, 2.05) is 23.5 Å². The van der Waals surface area contributed by atoms with Crippen molar-refractivity contribution in [1.82, 2.24) is 0 Å². The first kappa shape index (κ1) is 72.5. The molecule has 562 valence electrons. The molecular weight excluding hydrogens is 1460 g/mol. The van der Waals surface area contributed by atoms with E-state index in [2.05, 4.69) is 462 Å². The van der Waals surface area contributed by atoms with Gasteiger partial charge in [-0.05, 0) is 203 Å². The minimum absolute atomic E-state index is 0.0575. The third-order valence-corrected chi connectivity index (χ3v) is 26.6. The molecule has 0 amide bonds. The molecule has 0 bridgehead atoms. The summed E-state index contributed by atoms with van der Waals surface area (Å²) in [6.07, 6.45) is 0. The van der Waals surface area contributed by atoms with Crippen molar-refractivity contribution in [1.29, 1.82) is 0 Å². The van der Waals surface area contributed by atoms with Crippen LogP contribution in [-0.4, -0.2) is 13.4 Å². The second kappa shape index (κ2) is 29.5. The molecule has 0 radical (unpaired) electrons. The van der Waals surface area contributed by atoms with Gasteiger partial charge < -0.3 is 19.6 Å². The highest BCUT2D eigenvalue weighted by atomic mass is 32.2. The van der Waals surface area contributed by atoms with Gasteiger partial charge in [-0.25, -0.2) is 0 Å². The highest BCUT2D eigenvalue weighted by Gasteiger charge is 2.47. The molecule has 4 heterocycles. The molecule has 0 unspecified atom stereocenters. The second-order valence-corrected chi connectivity index (χ2v) is 35.7. The van der Waals surface area contributed by atoms with E-state index in [4.69, 9.17) is 0 Å². The molecule has 8 heteroatoms. The lowest BCUT2D eigenvalue weighted by molar-refractivity contribution is 0.590. The second-order valence-electron chi connectivity index (χ2n) is 33.6. The average Bonchev–Trinajstić information content (AvgIpc) is 0.689. The number of anilines is 12. The fraction of sp³-hybridized carbons (Fsp3) is 0.0727. The predicted molar refractivity (Wildman–Crippen MR) is 506 cm³/mol. The molecule has 17 aromatic carbocycles. The highest BCUT2D eigenvalue weighted by molar-refractivity contribution is 8.00. The number of para-hydroxylation sites is 3. The van der Waals surface area contributed by atoms with Gasteiger partial charge in [0.15, 0.2) is 0 Å². The van der Waals surface area contributed by atoms with Gasteiger partial charge >= 0.3 is 0 Å². The molecule has 0 fully saturated rings. The van der Waals surface area contributed by atoms with Crippen LogP contribution in [0.1, 0.15) is 52.7 Å². The van der Waals surface area contributed by atoms with Crippen LogP contribution in [0.2, 0.25) is 0 Å². The van der Waals surface area contributed by atoms with Crippen LogP contribution in [0.3, 0.4) is 0 Å². The maximum absolute atomic E-state index is 2.74. The third kappa shape index (κ3) is 12.9. The summed E-state index contributed by atoms with van der Waals surface area (Å²) in [5.41, 5.74) is 37.5. The molecular formula is C110H84B2N4S2. The van der Waals surface area contributed by atoms with Crippen LogP contribution in [-0.2, 0) is 10.8 Å². The molecule has 0 atom stereocenters. The van der Waals surface area contributed by atoms with E-state index < -0.39 is 0 Å². The first-order valence-corrected chi connectivity index (χ1v) is 42.7. The number of benzene rings is 17. The Morgan fingerprint density at radius 1 is 0.229 bits per heavy atom. The summed E-state index contributed by atoms with van der Waals surface area (Å²) in [5, 5.41) is 0. The fourth-order valence-corrected chi connectivity index (χ4v) is 20.8. The monoisotopic (exact) mass is 1550 g/mol. The van der Waals surface area contributed by atoms with Crippen molar-refractivity contribution in [3.05, 3.63) is 412 Å². The maximum Gasteiger partial charge on any atom is 0.249 e. The molecule has 118 heavy (non-hydrogen) atoms. The van der Waals surface area contributed by atoms with Gasteiger partial charge in [0.2, 0.25) is 13.4 Å². The molecule has 0 aromatic heterocycles. The van der Waals surface area contributed by atoms with E-state index >= 15 is 0 Å². The first-order valence-electron chi connectivity index (χ1n) is 41.1. The molecule has 21 rings (SSSR count). The van der Waals surface area contributed by atoms with Gasteiger partial charge in [0.05, 0.1) is 5.69 Å². The van der Waals surface area contributed by atoms with Crippen molar-refractivity contribution >= 4 is 138 Å². The van der Waals surface area contributed by atoms with Gasteiger partial charge in [0, 0.05) is 93.3 Å². The van der Waals surface area contributed by atoms with Crippen LogP contribution in [0.4, 0.5) is 68.2 Å². The normalized spacial score (nSPS) is 12.9. The first-order chi connectivity index (χ1) is 57.8. The van der Waals surface area contributed by atoms with Crippen molar-refractivity contribution in [3.63, 3.8) is 0 Å². The minimum atomic E-state index is -0.160. The van der Waals surface area contributed by atoms with Gasteiger partial charge in [0.1, 0.15) is 0 Å². The zero-order valence-corrected chi connectivity index (χ0v) is 68.5. The van der Waals surface area contributed by atoms with Gasteiger partial charge in [-0.1, -0.05) is 373 Å². The van der Waals surface area contributed by atoms with E-state index in [1.54, 1.807) is 0 Å². The average molecular weight is 1550 g/mol. The standard InChI is InChI=1S/C110H84B2N4S2/c1-109(2,3)83-55-43-81(44-56-83)92-37-26-38-93(82-45-57-84(58-46-82)110(4,5)6)108(92)116-99-72-103-97(71-96(99)112-95-40-23-25-42-102(95)117-104-69-91(68-101(116)107(104)112)114(88-63-51-79(52-64-88)75-31-16-9-17-32-75)89-65-53-80(54-66-89)76-33-18-10-19-34-76)111-94-39-22-24-41-98(94)115(85-35-20-11-21-36-85)100-67-90(70-105(118-103)106(100)111)113(86-59-47-77(48-60-86)73-27-12-7-13-28-73)87-61-49-78(50-62-87)74-29-14-8-15-30-74/h7-72H,1-6H3. The molecule has 4 aliphatic heterocycles. The summed E-state index contributed by atoms with van der Waals surface area (Å²) in [5.74, 6) is 0. The van der Waals surface area contributed by atoms with Crippen molar-refractivity contribution in [2.75, 3.05) is 19.6 Å². The Labute approximate surface area is 702 Å². The molecule has 0 aliphatic carbocycles. The summed E-state index contributed by atoms with van der Waals surface area (Å²) in [7, 11) is 0. The van der Waals surface area contributed by atoms with Gasteiger partial charge in [-0.15, -0.1) is 0 Å². The predicted octanol–water partition coefficient (Wildman–Crippen LogP) is 26.8. The Morgan fingerprint density at radius 3 is 1.00 bits per heavy atom. The summed E-state index contributed by atoms with van der Waals surface area (Å²) >= 11 is 3.83. The Morgan fingerprint density at radius 2 is 0.576 bits per heavy atom. The SMILES string of the molecule is CC(C)(C)c1ccc(-c2cccc(-c3ccc(C(C)(C)C)cc3)c2N2c3cc4c(cc3B3c5ccccc5Sc5cc(N(c6ccc(-c7ccccc7)cc6)c6ccc(-c7ccccc7)cc6)cc2c53)B2c3ccccc3N(c3ccccc3)c3cc(N(c5ccc(-c6ccccc6)cc5)c5ccc(-c6ccccc6)cc5)cc(c32)S4)cc1. The van der Waals surface area contributed by atoms with E-state index in [-0.39, 0.29) is 24.3 Å². The number of hydrogen-bond acceptors (Lipinski definition) is 6. The Balaban J connectivity index is 0.837. The van der Waals surface area contributed by atoms with Crippen molar-refractivity contribution in [3.8, 4) is 66.8 Å². The summed E-state index contributed by atoms with van der Waals surface area (Å²) in [6.45, 7) is 13.6. The summed E-state index contributed by atoms with van der Waals surface area (Å²) in [6, 6.07) is 151. The Kier molecular flexibility index (Phi) is 18.1. The molecule has 17 aromatic rings. The minimum Gasteiger partial charge on any atom is -0.311 e. The zero-order valence-electron chi connectivity index (χ0n) is 66.9. The molecule has 0 N–H and O–H groups in total. The van der Waals surface area contributed by atoms with Gasteiger partial charge in [0.25, 0.3) is 0 Å². The number of nitrogens with zero attached hydrogens (tertiary/aromatic N) is 4. The molecule has 4 aliphatic rings. The van der Waals surface area contributed by atoms with E-state index in [9.17, 15) is 0 Å². The fourth-order valence-electron chi connectivity index (χ4n) is 18.4. The summed E-state index contributed by atoms with van der Waals surface area (Å²) in [4.78, 5) is 15.2. The molecule has 4 nitrogen and oxygen atoms in total. The molecule has 0 spiro atoms. The van der Waals surface area contributed by atoms with Gasteiger partial charge in [-0.3, -0.25) is 0 Å². The lowest BCUT2D eigenvalue weighted by Gasteiger charge is -2.44. The third-order valence-electron chi connectivity index (χ3n) is 24.3. The van der Waals surface area contributed by atoms with E-state index in [0.717, 1.165) is 84.8 Å². The number of fused-ring (bicyclic) bond motifs is 8. The molecule has 0 saturated heterocycles. The smallest absolute Gasteiger partial charge is 0.249 e. The quantitative estimate of drug-likeness (QED) is 0.0999. The van der Waals surface area contributed by atoms with E-state index in [0.29, 0.717) is 0 Å². The lowest BCUT2D eigenvalue weighted by atomic mass is 9.31. The van der Waals surface area contributed by atoms with Crippen molar-refractivity contribution in [2.24, 2.45) is 0 Å². The number of hydrogen-bond donors (Lipinski definition) is 0. The van der Waals surface area contributed by atoms with Crippen LogP contribution < -0.4 is 52.4 Å². The molecule has 0 saturated carbocycles. The number of rotatable bonds is 14. The largest absolute Gasteiger partial charge is 0.311 e. The topological polar surface area (TPSA) is 13.0 Å². The van der Waals surface area contributed by atoms with Crippen LogP contribution in [0.25, 0.3) is 66.8 Å². The van der Waals surface area contributed by atoms with Crippen LogP contribution in [0.5, 0.6) is 0 Å². The Hall–Kier alpha value is -13.2. The zero-order chi connectivity index (χ0) is 79.3. The van der Waals surface area contributed by atoms with Crippen LogP contribution in [0, 0.1) is 0 Å². The lowest BCUT2D eigenvalue weighted by Crippen LogP contribution is -2.64. The van der Waals surface area contributed by atoms with Crippen LogP contribution >= 0.6 is 23.5 Å². The maximum atomic E-state index is 2.74. The summed E-state index contributed by atoms with van der Waals surface area (Å²) < 4.78 is 0. The van der Waals surface area contributed by atoms with Crippen molar-refractivity contribution < 1.29 is 0 Å². The Bertz CT molecular complexity index is 6410. The van der Waals surface area contributed by atoms with Crippen molar-refractivity contribution in [2.45, 2.75) is 72.0 Å². The highest BCUT2D eigenvalue weighted by Crippen LogP contribution is 2.54. The van der Waals surface area contributed by atoms with Crippen LogP contribution in [0.15, 0.2) is 420 Å². The van der Waals surface area contributed by atoms with Gasteiger partial charge in [-0.2, -0.15) is 0 Å². The van der Waals surface area contributed by atoms with E-state index in [1.165, 1.54) is 114 Å².